The van der Waals surface area contributed by atoms with E-state index in [4.69, 9.17) is 0 Å². The molecule has 0 saturated heterocycles. The third-order valence-electron chi connectivity index (χ3n) is 4.97. The van der Waals surface area contributed by atoms with E-state index in [1.165, 1.54) is 60.9 Å². The van der Waals surface area contributed by atoms with Crippen molar-refractivity contribution in [1.82, 2.24) is 4.90 Å². The molecule has 2 heteroatoms. The van der Waals surface area contributed by atoms with Gasteiger partial charge in [0.15, 0.2) is 0 Å². The zero-order valence-corrected chi connectivity index (χ0v) is 13.7. The second-order valence-corrected chi connectivity index (χ2v) is 6.82. The molecule has 0 unspecified atom stereocenters. The van der Waals surface area contributed by atoms with Gasteiger partial charge in [0, 0.05) is 24.1 Å². The number of nitrogens with zero attached hydrogens (tertiary/aromatic N) is 2. The fourth-order valence-corrected chi connectivity index (χ4v) is 4.03. The summed E-state index contributed by atoms with van der Waals surface area (Å²) in [5.74, 6) is 0. The van der Waals surface area contributed by atoms with E-state index in [1.54, 1.807) is 0 Å². The quantitative estimate of drug-likeness (QED) is 0.714. The molecule has 3 rings (SSSR count). The monoisotopic (exact) mass is 284 g/mol. The second-order valence-electron chi connectivity index (χ2n) is 6.82. The van der Waals surface area contributed by atoms with Gasteiger partial charge >= 0.3 is 0 Å². The summed E-state index contributed by atoms with van der Waals surface area (Å²) in [6.07, 6.45) is 13.0. The second kappa shape index (κ2) is 6.13. The van der Waals surface area contributed by atoms with Crippen molar-refractivity contribution < 1.29 is 0 Å². The van der Waals surface area contributed by atoms with Gasteiger partial charge < -0.3 is 9.80 Å². The maximum atomic E-state index is 2.56. The number of aryl methyl sites for hydroxylation is 3. The predicted octanol–water partition coefficient (Wildman–Crippen LogP) is 4.89. The maximum Gasteiger partial charge on any atom is 0.0944 e. The van der Waals surface area contributed by atoms with Crippen LogP contribution in [0.15, 0.2) is 24.5 Å². The molecule has 1 heterocycles. The maximum absolute atomic E-state index is 2.56. The highest BCUT2D eigenvalue weighted by atomic mass is 15.4. The molecule has 0 aromatic heterocycles. The molecule has 2 nitrogen and oxygen atoms in total. The first-order valence-electron chi connectivity index (χ1n) is 8.44. The van der Waals surface area contributed by atoms with Crippen LogP contribution in [0.3, 0.4) is 0 Å². The number of anilines is 1. The first-order chi connectivity index (χ1) is 10.1. The molecule has 0 N–H and O–H groups in total. The van der Waals surface area contributed by atoms with Crippen molar-refractivity contribution in [2.45, 2.75) is 65.3 Å². The Labute approximate surface area is 129 Å². The van der Waals surface area contributed by atoms with Crippen LogP contribution in [0.1, 0.15) is 55.2 Å². The van der Waals surface area contributed by atoms with Gasteiger partial charge in [-0.2, -0.15) is 0 Å². The van der Waals surface area contributed by atoms with Crippen molar-refractivity contribution in [2.75, 3.05) is 11.6 Å². The van der Waals surface area contributed by atoms with Gasteiger partial charge in [-0.1, -0.05) is 43.4 Å². The molecule has 114 valence electrons. The Morgan fingerprint density at radius 2 is 1.48 bits per heavy atom. The van der Waals surface area contributed by atoms with Gasteiger partial charge in [0.1, 0.15) is 0 Å². The normalized spacial score (nSPS) is 20.1. The molecule has 1 saturated carbocycles. The average molecular weight is 284 g/mol. The van der Waals surface area contributed by atoms with Crippen molar-refractivity contribution in [2.24, 2.45) is 0 Å². The van der Waals surface area contributed by atoms with Gasteiger partial charge in [0.2, 0.25) is 0 Å². The zero-order chi connectivity index (χ0) is 14.8. The summed E-state index contributed by atoms with van der Waals surface area (Å²) in [6, 6.07) is 5.34. The van der Waals surface area contributed by atoms with Crippen LogP contribution in [0.5, 0.6) is 0 Å². The fraction of sp³-hybridized carbons (Fsp3) is 0.579. The molecule has 21 heavy (non-hydrogen) atoms. The van der Waals surface area contributed by atoms with Crippen molar-refractivity contribution in [3.05, 3.63) is 41.2 Å². The summed E-state index contributed by atoms with van der Waals surface area (Å²) in [4.78, 5) is 4.99. The predicted molar refractivity (Wildman–Crippen MR) is 90.5 cm³/mol. The molecule has 1 aliphatic carbocycles. The molecule has 1 fully saturated rings. The van der Waals surface area contributed by atoms with Gasteiger partial charge in [0.05, 0.1) is 6.67 Å². The zero-order valence-electron chi connectivity index (χ0n) is 13.7. The van der Waals surface area contributed by atoms with Crippen LogP contribution in [0, 0.1) is 20.8 Å². The van der Waals surface area contributed by atoms with Crippen LogP contribution in [-0.4, -0.2) is 17.6 Å². The van der Waals surface area contributed by atoms with E-state index in [0.717, 1.165) is 12.7 Å². The fourth-order valence-electron chi connectivity index (χ4n) is 4.03. The Morgan fingerprint density at radius 1 is 0.857 bits per heavy atom. The molecule has 1 aromatic rings. The highest BCUT2D eigenvalue weighted by Crippen LogP contribution is 2.31. The molecule has 0 atom stereocenters. The van der Waals surface area contributed by atoms with Crippen molar-refractivity contribution >= 4 is 5.69 Å². The van der Waals surface area contributed by atoms with Gasteiger partial charge in [0.25, 0.3) is 0 Å². The van der Waals surface area contributed by atoms with E-state index in [1.807, 2.05) is 0 Å². The molecule has 2 aliphatic rings. The standard InChI is InChI=1S/C19H28N2/c1-15-12-16(2)19(17(3)13-15)21-11-10-20(14-21)18-8-6-4-5-7-9-18/h10-13,18H,4-9,14H2,1-3H3. The van der Waals surface area contributed by atoms with Crippen molar-refractivity contribution in [3.8, 4) is 0 Å². The smallest absolute Gasteiger partial charge is 0.0944 e. The van der Waals surface area contributed by atoms with Gasteiger partial charge in [-0.3, -0.25) is 0 Å². The topological polar surface area (TPSA) is 6.48 Å². The summed E-state index contributed by atoms with van der Waals surface area (Å²) in [5.41, 5.74) is 5.53. The van der Waals surface area contributed by atoms with E-state index in [2.05, 4.69) is 55.1 Å². The average Bonchev–Trinajstić information content (AvgIpc) is 2.72. The lowest BCUT2D eigenvalue weighted by Gasteiger charge is -2.30. The Bertz CT molecular complexity index is 501. The van der Waals surface area contributed by atoms with E-state index >= 15 is 0 Å². The summed E-state index contributed by atoms with van der Waals surface area (Å²) >= 11 is 0. The Hall–Kier alpha value is -1.44. The van der Waals surface area contributed by atoms with Crippen LogP contribution in [0.25, 0.3) is 0 Å². The minimum absolute atomic E-state index is 0.750. The van der Waals surface area contributed by atoms with Gasteiger partial charge in [-0.25, -0.2) is 0 Å². The van der Waals surface area contributed by atoms with Crippen LogP contribution in [0.4, 0.5) is 5.69 Å². The molecule has 1 aromatic carbocycles. The summed E-state index contributed by atoms with van der Waals surface area (Å²) < 4.78 is 0. The highest BCUT2D eigenvalue weighted by Gasteiger charge is 2.24. The molecular formula is C19H28N2. The van der Waals surface area contributed by atoms with Gasteiger partial charge in [-0.05, 0) is 44.7 Å². The highest BCUT2D eigenvalue weighted by molar-refractivity contribution is 5.62. The summed E-state index contributed by atoms with van der Waals surface area (Å²) in [5, 5.41) is 0. The van der Waals surface area contributed by atoms with Crippen LogP contribution >= 0.6 is 0 Å². The van der Waals surface area contributed by atoms with E-state index in [0.29, 0.717) is 0 Å². The van der Waals surface area contributed by atoms with E-state index in [-0.39, 0.29) is 0 Å². The third-order valence-corrected chi connectivity index (χ3v) is 4.97. The number of hydrogen-bond acceptors (Lipinski definition) is 2. The molecule has 0 spiro atoms. The van der Waals surface area contributed by atoms with Crippen molar-refractivity contribution in [3.63, 3.8) is 0 Å². The first kappa shape index (κ1) is 14.5. The Kier molecular flexibility index (Phi) is 4.23. The molecule has 0 radical (unpaired) electrons. The van der Waals surface area contributed by atoms with Gasteiger partial charge in [-0.15, -0.1) is 0 Å². The van der Waals surface area contributed by atoms with Crippen LogP contribution in [0.2, 0.25) is 0 Å². The number of hydrogen-bond donors (Lipinski definition) is 0. The lowest BCUT2D eigenvalue weighted by molar-refractivity contribution is 0.270. The van der Waals surface area contributed by atoms with Crippen LogP contribution in [-0.2, 0) is 0 Å². The summed E-state index contributed by atoms with van der Waals surface area (Å²) in [6.45, 7) is 7.67. The SMILES string of the molecule is Cc1cc(C)c(N2C=CN(C3CCCCCC3)C2)c(C)c1. The third kappa shape index (κ3) is 3.09. The van der Waals surface area contributed by atoms with E-state index < -0.39 is 0 Å². The first-order valence-corrected chi connectivity index (χ1v) is 8.44. The molecule has 0 amide bonds. The van der Waals surface area contributed by atoms with E-state index in [9.17, 15) is 0 Å². The van der Waals surface area contributed by atoms with Crippen LogP contribution < -0.4 is 4.90 Å². The minimum atomic E-state index is 0.750. The van der Waals surface area contributed by atoms with Crippen molar-refractivity contribution in [1.29, 1.82) is 0 Å². The molecule has 1 aliphatic heterocycles. The largest absolute Gasteiger partial charge is 0.355 e. The molecule has 0 bridgehead atoms. The summed E-state index contributed by atoms with van der Waals surface area (Å²) in [7, 11) is 0. The Morgan fingerprint density at radius 3 is 2.10 bits per heavy atom. The molecular weight excluding hydrogens is 256 g/mol. The minimum Gasteiger partial charge on any atom is -0.355 e. The lowest BCUT2D eigenvalue weighted by atomic mass is 10.0. The Balaban J connectivity index is 1.74. The number of rotatable bonds is 2. The number of benzene rings is 1. The lowest BCUT2D eigenvalue weighted by Crippen LogP contribution is -2.34.